The number of methoxy groups -OCH3 is 1. The highest BCUT2D eigenvalue weighted by Crippen LogP contribution is 2.30. The maximum atomic E-state index is 12.7. The highest BCUT2D eigenvalue weighted by molar-refractivity contribution is 8.15. The summed E-state index contributed by atoms with van der Waals surface area (Å²) in [5.41, 5.74) is 1.31. The van der Waals surface area contributed by atoms with E-state index in [4.69, 9.17) is 4.74 Å². The number of para-hydroxylation sites is 3. The number of thioether (sulfide) groups is 1. The summed E-state index contributed by atoms with van der Waals surface area (Å²) >= 11 is 1.28. The SMILES string of the molecule is COc1ccccc1NC(=O)[C@@H]1CC(=O)N(C)C(=Nc2ccccc2)S1. The molecule has 0 spiro atoms. The fraction of sp³-hybridized carbons (Fsp3) is 0.211. The Hall–Kier alpha value is -2.80. The minimum Gasteiger partial charge on any atom is -0.495 e. The summed E-state index contributed by atoms with van der Waals surface area (Å²) in [6.07, 6.45) is 0.121. The molecule has 1 N–H and O–H groups in total. The third-order valence-electron chi connectivity index (χ3n) is 3.91. The Morgan fingerprint density at radius 3 is 2.62 bits per heavy atom. The summed E-state index contributed by atoms with van der Waals surface area (Å²) < 4.78 is 5.25. The smallest absolute Gasteiger partial charge is 0.238 e. The van der Waals surface area contributed by atoms with Crippen LogP contribution in [0.1, 0.15) is 6.42 Å². The molecule has 3 rings (SSSR count). The highest BCUT2D eigenvalue weighted by Gasteiger charge is 2.34. The van der Waals surface area contributed by atoms with Gasteiger partial charge in [0.25, 0.3) is 0 Å². The highest BCUT2D eigenvalue weighted by atomic mass is 32.2. The van der Waals surface area contributed by atoms with Crippen LogP contribution in [0.15, 0.2) is 59.6 Å². The van der Waals surface area contributed by atoms with Gasteiger partial charge in [-0.15, -0.1) is 0 Å². The van der Waals surface area contributed by atoms with Crippen molar-refractivity contribution >= 4 is 40.1 Å². The Labute approximate surface area is 156 Å². The standard InChI is InChI=1S/C19H19N3O3S/c1-22-17(23)12-16(26-19(22)20-13-8-4-3-5-9-13)18(24)21-14-10-6-7-11-15(14)25-2/h3-11,16H,12H2,1-2H3,(H,21,24)/t16-/m0/s1. The third-order valence-corrected chi connectivity index (χ3v) is 5.15. The lowest BCUT2D eigenvalue weighted by molar-refractivity contribution is -0.128. The van der Waals surface area contributed by atoms with E-state index in [1.54, 1.807) is 26.3 Å². The fourth-order valence-electron chi connectivity index (χ4n) is 2.47. The van der Waals surface area contributed by atoms with Crippen LogP contribution in [0.3, 0.4) is 0 Å². The lowest BCUT2D eigenvalue weighted by Gasteiger charge is -2.29. The normalized spacial score (nSPS) is 18.7. The number of carbonyl (C=O) groups excluding carboxylic acids is 2. The predicted molar refractivity (Wildman–Crippen MR) is 104 cm³/mol. The number of nitrogens with zero attached hydrogens (tertiary/aromatic N) is 2. The summed E-state index contributed by atoms with van der Waals surface area (Å²) in [6.45, 7) is 0. The number of anilines is 1. The van der Waals surface area contributed by atoms with Gasteiger partial charge in [0.2, 0.25) is 11.8 Å². The van der Waals surface area contributed by atoms with Crippen molar-refractivity contribution in [2.75, 3.05) is 19.5 Å². The molecule has 0 saturated carbocycles. The number of hydrogen-bond acceptors (Lipinski definition) is 5. The molecule has 1 saturated heterocycles. The number of ether oxygens (including phenoxy) is 1. The second kappa shape index (κ2) is 8.05. The lowest BCUT2D eigenvalue weighted by Crippen LogP contribution is -2.43. The Balaban J connectivity index is 1.78. The molecule has 134 valence electrons. The van der Waals surface area contributed by atoms with E-state index in [-0.39, 0.29) is 18.2 Å². The minimum atomic E-state index is -0.550. The molecule has 1 aliphatic rings. The Bertz CT molecular complexity index is 839. The van der Waals surface area contributed by atoms with Crippen molar-refractivity contribution in [1.29, 1.82) is 0 Å². The molecule has 0 bridgehead atoms. The van der Waals surface area contributed by atoms with Crippen LogP contribution in [0.2, 0.25) is 0 Å². The van der Waals surface area contributed by atoms with Crippen molar-refractivity contribution in [3.63, 3.8) is 0 Å². The molecule has 0 unspecified atom stereocenters. The summed E-state index contributed by atoms with van der Waals surface area (Å²) in [7, 11) is 3.22. The van der Waals surface area contributed by atoms with Crippen LogP contribution in [0.5, 0.6) is 5.75 Å². The van der Waals surface area contributed by atoms with E-state index in [1.807, 2.05) is 42.5 Å². The van der Waals surface area contributed by atoms with Gasteiger partial charge in [0.15, 0.2) is 5.17 Å². The van der Waals surface area contributed by atoms with Crippen molar-refractivity contribution in [3.05, 3.63) is 54.6 Å². The van der Waals surface area contributed by atoms with Crippen molar-refractivity contribution in [2.24, 2.45) is 4.99 Å². The van der Waals surface area contributed by atoms with E-state index in [9.17, 15) is 9.59 Å². The molecule has 2 amide bonds. The van der Waals surface area contributed by atoms with Gasteiger partial charge >= 0.3 is 0 Å². The Morgan fingerprint density at radius 1 is 1.19 bits per heavy atom. The first-order chi connectivity index (χ1) is 12.6. The molecule has 0 radical (unpaired) electrons. The van der Waals surface area contributed by atoms with Crippen LogP contribution >= 0.6 is 11.8 Å². The maximum absolute atomic E-state index is 12.7. The average molecular weight is 369 g/mol. The van der Waals surface area contributed by atoms with Crippen LogP contribution in [-0.2, 0) is 9.59 Å². The quantitative estimate of drug-likeness (QED) is 0.898. The topological polar surface area (TPSA) is 71.0 Å². The number of amidine groups is 1. The molecule has 26 heavy (non-hydrogen) atoms. The molecular formula is C19H19N3O3S. The van der Waals surface area contributed by atoms with E-state index in [1.165, 1.54) is 16.7 Å². The molecule has 0 aliphatic carbocycles. The van der Waals surface area contributed by atoms with Gasteiger partial charge in [-0.3, -0.25) is 14.5 Å². The fourth-order valence-corrected chi connectivity index (χ4v) is 3.54. The van der Waals surface area contributed by atoms with Gasteiger partial charge < -0.3 is 10.1 Å². The summed E-state index contributed by atoms with van der Waals surface area (Å²) in [5, 5.41) is 2.80. The molecule has 2 aromatic carbocycles. The number of nitrogens with one attached hydrogen (secondary N) is 1. The van der Waals surface area contributed by atoms with Gasteiger partial charge in [-0.2, -0.15) is 0 Å². The van der Waals surface area contributed by atoms with Crippen molar-refractivity contribution in [1.82, 2.24) is 4.90 Å². The van der Waals surface area contributed by atoms with E-state index in [0.29, 0.717) is 16.6 Å². The first-order valence-corrected chi connectivity index (χ1v) is 8.97. The number of hydrogen-bond donors (Lipinski definition) is 1. The first-order valence-electron chi connectivity index (χ1n) is 8.09. The summed E-state index contributed by atoms with van der Waals surface area (Å²) in [5.74, 6) is 0.184. The van der Waals surface area contributed by atoms with Gasteiger partial charge in [0.05, 0.1) is 18.5 Å². The zero-order valence-electron chi connectivity index (χ0n) is 14.5. The van der Waals surface area contributed by atoms with Crippen molar-refractivity contribution in [3.8, 4) is 5.75 Å². The molecule has 1 atom stereocenters. The first kappa shape index (κ1) is 18.0. The van der Waals surface area contributed by atoms with Crippen LogP contribution in [0.4, 0.5) is 11.4 Å². The van der Waals surface area contributed by atoms with Crippen LogP contribution in [0.25, 0.3) is 0 Å². The minimum absolute atomic E-state index is 0.121. The van der Waals surface area contributed by atoms with Gasteiger partial charge in [0, 0.05) is 13.5 Å². The molecule has 6 nitrogen and oxygen atoms in total. The molecule has 2 aromatic rings. The van der Waals surface area contributed by atoms with Crippen LogP contribution < -0.4 is 10.1 Å². The van der Waals surface area contributed by atoms with Crippen molar-refractivity contribution < 1.29 is 14.3 Å². The zero-order chi connectivity index (χ0) is 18.5. The van der Waals surface area contributed by atoms with E-state index >= 15 is 0 Å². The number of aliphatic imine (C=N–C) groups is 1. The monoisotopic (exact) mass is 369 g/mol. The Kier molecular flexibility index (Phi) is 5.58. The molecular weight excluding hydrogens is 350 g/mol. The Morgan fingerprint density at radius 2 is 1.88 bits per heavy atom. The second-order valence-electron chi connectivity index (χ2n) is 5.68. The van der Waals surface area contributed by atoms with Gasteiger partial charge in [-0.1, -0.05) is 42.1 Å². The summed E-state index contributed by atoms with van der Waals surface area (Å²) in [4.78, 5) is 31.0. The third kappa shape index (κ3) is 4.05. The molecule has 1 heterocycles. The predicted octanol–water partition coefficient (Wildman–Crippen LogP) is 3.29. The number of benzene rings is 2. The molecule has 7 heteroatoms. The van der Waals surface area contributed by atoms with E-state index in [2.05, 4.69) is 10.3 Å². The van der Waals surface area contributed by atoms with Gasteiger partial charge in [-0.05, 0) is 24.3 Å². The number of amides is 2. The maximum Gasteiger partial charge on any atom is 0.238 e. The largest absolute Gasteiger partial charge is 0.495 e. The zero-order valence-corrected chi connectivity index (χ0v) is 15.3. The number of carbonyl (C=O) groups is 2. The second-order valence-corrected chi connectivity index (χ2v) is 6.85. The lowest BCUT2D eigenvalue weighted by atomic mass is 10.2. The van der Waals surface area contributed by atoms with Crippen molar-refractivity contribution in [2.45, 2.75) is 11.7 Å². The van der Waals surface area contributed by atoms with Gasteiger partial charge in [0.1, 0.15) is 11.0 Å². The molecule has 1 fully saturated rings. The molecule has 0 aromatic heterocycles. The van der Waals surface area contributed by atoms with E-state index in [0.717, 1.165) is 5.69 Å². The van der Waals surface area contributed by atoms with Crippen LogP contribution in [-0.4, -0.2) is 41.3 Å². The van der Waals surface area contributed by atoms with Crippen LogP contribution in [0, 0.1) is 0 Å². The number of rotatable bonds is 4. The summed E-state index contributed by atoms with van der Waals surface area (Å²) in [6, 6.07) is 16.5. The van der Waals surface area contributed by atoms with E-state index < -0.39 is 5.25 Å². The van der Waals surface area contributed by atoms with Gasteiger partial charge in [-0.25, -0.2) is 4.99 Å². The average Bonchev–Trinajstić information content (AvgIpc) is 2.66. The molecule has 1 aliphatic heterocycles.